The number of hydrogen-bond donors (Lipinski definition) is 1. The fourth-order valence-corrected chi connectivity index (χ4v) is 3.59. The van der Waals surface area contributed by atoms with E-state index in [0.717, 1.165) is 0 Å². The quantitative estimate of drug-likeness (QED) is 0.397. The van der Waals surface area contributed by atoms with E-state index in [4.69, 9.17) is 34.8 Å². The highest BCUT2D eigenvalue weighted by Gasteiger charge is 2.32. The third-order valence-electron chi connectivity index (χ3n) is 4.35. The van der Waals surface area contributed by atoms with E-state index in [0.29, 0.717) is 20.3 Å². The van der Waals surface area contributed by atoms with Crippen LogP contribution in [0.25, 0.3) is 0 Å². The van der Waals surface area contributed by atoms with Crippen molar-refractivity contribution >= 4 is 46.5 Å². The Morgan fingerprint density at radius 2 is 1.71 bits per heavy atom. The van der Waals surface area contributed by atoms with Crippen LogP contribution in [-0.4, -0.2) is 25.5 Å². The van der Waals surface area contributed by atoms with Gasteiger partial charge in [-0.3, -0.25) is 9.48 Å². The first-order valence-electron chi connectivity index (χ1n) is 8.71. The standard InChI is InChI=1S/C18H14Cl3F4N5O/c1-8(30-15(17(24)25)13(21)14(28-30)16(22)23)18(31)26-12-5-6-29(27-12)7-9-10(19)3-2-4-11(9)20/h2-6,8,16-17H,7H2,1H3,(H,26,27,31). The van der Waals surface area contributed by atoms with E-state index in [1.165, 1.54) is 17.7 Å². The second-order valence-corrected chi connectivity index (χ2v) is 7.59. The summed E-state index contributed by atoms with van der Waals surface area (Å²) in [5, 5.41) is 10.00. The lowest BCUT2D eigenvalue weighted by Crippen LogP contribution is -2.26. The van der Waals surface area contributed by atoms with Crippen molar-refractivity contribution in [3.63, 3.8) is 0 Å². The highest BCUT2D eigenvalue weighted by molar-refractivity contribution is 6.36. The highest BCUT2D eigenvalue weighted by Crippen LogP contribution is 2.36. The third-order valence-corrected chi connectivity index (χ3v) is 5.44. The molecule has 3 rings (SSSR count). The second kappa shape index (κ2) is 9.46. The molecule has 1 amide bonds. The van der Waals surface area contributed by atoms with Gasteiger partial charge in [0.15, 0.2) is 5.82 Å². The maximum atomic E-state index is 13.3. The number of hydrogen-bond acceptors (Lipinski definition) is 3. The number of nitrogens with zero attached hydrogens (tertiary/aromatic N) is 4. The summed E-state index contributed by atoms with van der Waals surface area (Å²) in [6.07, 6.45) is -4.83. The summed E-state index contributed by atoms with van der Waals surface area (Å²) in [5.74, 6) is -0.700. The molecular weight excluding hydrogens is 485 g/mol. The van der Waals surface area contributed by atoms with Crippen molar-refractivity contribution in [2.24, 2.45) is 0 Å². The summed E-state index contributed by atoms with van der Waals surface area (Å²) in [7, 11) is 0. The predicted octanol–water partition coefficient (Wildman–Crippen LogP) is 6.16. The highest BCUT2D eigenvalue weighted by atomic mass is 35.5. The van der Waals surface area contributed by atoms with Gasteiger partial charge in [0, 0.05) is 27.9 Å². The molecule has 0 saturated heterocycles. The third kappa shape index (κ3) is 4.97. The fourth-order valence-electron chi connectivity index (χ4n) is 2.78. The smallest absolute Gasteiger partial charge is 0.283 e. The minimum absolute atomic E-state index is 0.103. The van der Waals surface area contributed by atoms with Crippen molar-refractivity contribution in [3.8, 4) is 0 Å². The number of nitrogens with one attached hydrogen (secondary N) is 1. The summed E-state index contributed by atoms with van der Waals surface area (Å²) >= 11 is 17.9. The minimum atomic E-state index is -3.21. The lowest BCUT2D eigenvalue weighted by atomic mass is 10.2. The molecule has 2 heterocycles. The van der Waals surface area contributed by atoms with Crippen LogP contribution in [0, 0.1) is 0 Å². The number of benzene rings is 1. The monoisotopic (exact) mass is 497 g/mol. The molecule has 31 heavy (non-hydrogen) atoms. The van der Waals surface area contributed by atoms with E-state index < -0.39 is 41.2 Å². The first-order chi connectivity index (χ1) is 14.6. The van der Waals surface area contributed by atoms with Gasteiger partial charge >= 0.3 is 0 Å². The Morgan fingerprint density at radius 1 is 1.06 bits per heavy atom. The molecule has 2 aromatic heterocycles. The normalized spacial score (nSPS) is 12.6. The number of carbonyl (C=O) groups excluding carboxylic acids is 1. The van der Waals surface area contributed by atoms with Crippen molar-refractivity contribution in [2.45, 2.75) is 32.4 Å². The lowest BCUT2D eigenvalue weighted by Gasteiger charge is -2.14. The number of alkyl halides is 4. The van der Waals surface area contributed by atoms with Crippen molar-refractivity contribution < 1.29 is 22.4 Å². The molecule has 0 saturated carbocycles. The van der Waals surface area contributed by atoms with Gasteiger partial charge in [0.25, 0.3) is 12.9 Å². The summed E-state index contributed by atoms with van der Waals surface area (Å²) in [6, 6.07) is 5.13. The number of anilines is 1. The first-order valence-corrected chi connectivity index (χ1v) is 9.84. The topological polar surface area (TPSA) is 64.7 Å². The molecule has 0 fully saturated rings. The lowest BCUT2D eigenvalue weighted by molar-refractivity contribution is -0.119. The van der Waals surface area contributed by atoms with E-state index in [-0.39, 0.29) is 12.4 Å². The van der Waals surface area contributed by atoms with Gasteiger partial charge in [-0.05, 0) is 19.1 Å². The van der Waals surface area contributed by atoms with Crippen molar-refractivity contribution in [2.75, 3.05) is 5.32 Å². The largest absolute Gasteiger partial charge is 0.307 e. The van der Waals surface area contributed by atoms with Crippen LogP contribution in [-0.2, 0) is 11.3 Å². The molecule has 1 N–H and O–H groups in total. The molecule has 0 aliphatic heterocycles. The zero-order chi connectivity index (χ0) is 22.9. The van der Waals surface area contributed by atoms with Crippen LogP contribution in [0.1, 0.15) is 42.8 Å². The van der Waals surface area contributed by atoms with Crippen molar-refractivity contribution in [1.29, 1.82) is 0 Å². The summed E-state index contributed by atoms with van der Waals surface area (Å²) < 4.78 is 54.6. The Balaban J connectivity index is 1.78. The Labute approximate surface area is 188 Å². The number of amides is 1. The Morgan fingerprint density at radius 3 is 2.29 bits per heavy atom. The van der Waals surface area contributed by atoms with Crippen LogP contribution in [0.3, 0.4) is 0 Å². The first kappa shape index (κ1) is 23.4. The van der Waals surface area contributed by atoms with Crippen LogP contribution in [0.4, 0.5) is 23.4 Å². The van der Waals surface area contributed by atoms with E-state index in [1.54, 1.807) is 24.4 Å². The average molecular weight is 499 g/mol. The van der Waals surface area contributed by atoms with Gasteiger partial charge in [0.05, 0.1) is 11.6 Å². The van der Waals surface area contributed by atoms with Gasteiger partial charge in [-0.1, -0.05) is 40.9 Å². The van der Waals surface area contributed by atoms with Crippen LogP contribution in [0.2, 0.25) is 15.1 Å². The zero-order valence-corrected chi connectivity index (χ0v) is 17.9. The van der Waals surface area contributed by atoms with Crippen LogP contribution >= 0.6 is 34.8 Å². The molecule has 0 spiro atoms. The molecule has 1 unspecified atom stereocenters. The number of rotatable bonds is 7. The fraction of sp³-hybridized carbons (Fsp3) is 0.278. The number of carbonyl (C=O) groups is 1. The van der Waals surface area contributed by atoms with Gasteiger partial charge in [-0.15, -0.1) is 0 Å². The second-order valence-electron chi connectivity index (χ2n) is 6.39. The van der Waals surface area contributed by atoms with E-state index >= 15 is 0 Å². The molecule has 0 aliphatic rings. The molecule has 0 aliphatic carbocycles. The molecule has 6 nitrogen and oxygen atoms in total. The Kier molecular flexibility index (Phi) is 7.13. The number of halogens is 7. The van der Waals surface area contributed by atoms with Crippen LogP contribution in [0.15, 0.2) is 30.5 Å². The Bertz CT molecular complexity index is 1080. The van der Waals surface area contributed by atoms with Gasteiger partial charge in [0.1, 0.15) is 17.4 Å². The minimum Gasteiger partial charge on any atom is -0.307 e. The van der Waals surface area contributed by atoms with Crippen molar-refractivity contribution in [1.82, 2.24) is 19.6 Å². The molecule has 1 atom stereocenters. The molecule has 0 bridgehead atoms. The maximum Gasteiger partial charge on any atom is 0.283 e. The predicted molar refractivity (Wildman–Crippen MR) is 108 cm³/mol. The molecule has 13 heteroatoms. The van der Waals surface area contributed by atoms with E-state index in [1.807, 2.05) is 0 Å². The summed E-state index contributed by atoms with van der Waals surface area (Å²) in [5.41, 5.74) is -1.36. The van der Waals surface area contributed by atoms with Crippen LogP contribution in [0.5, 0.6) is 0 Å². The summed E-state index contributed by atoms with van der Waals surface area (Å²) in [4.78, 5) is 12.5. The maximum absolute atomic E-state index is 13.3. The Hall–Kier alpha value is -2.30. The van der Waals surface area contributed by atoms with E-state index in [2.05, 4.69) is 15.5 Å². The number of aromatic nitrogens is 4. The molecule has 3 aromatic rings. The van der Waals surface area contributed by atoms with Gasteiger partial charge in [-0.25, -0.2) is 22.2 Å². The summed E-state index contributed by atoms with van der Waals surface area (Å²) in [6.45, 7) is 1.44. The molecule has 166 valence electrons. The SMILES string of the molecule is CC(C(=O)Nc1ccn(Cc2c(Cl)cccc2Cl)n1)n1nc(C(F)F)c(Cl)c1C(F)F. The van der Waals surface area contributed by atoms with Gasteiger partial charge < -0.3 is 5.32 Å². The van der Waals surface area contributed by atoms with Gasteiger partial charge in [0.2, 0.25) is 5.91 Å². The molecule has 1 aromatic carbocycles. The average Bonchev–Trinajstić information content (AvgIpc) is 3.28. The van der Waals surface area contributed by atoms with Gasteiger partial charge in [-0.2, -0.15) is 10.2 Å². The molecule has 0 radical (unpaired) electrons. The van der Waals surface area contributed by atoms with Crippen LogP contribution < -0.4 is 5.32 Å². The van der Waals surface area contributed by atoms with Crippen molar-refractivity contribution in [3.05, 3.63) is 62.5 Å². The molecular formula is C18H14Cl3F4N5O. The zero-order valence-electron chi connectivity index (χ0n) is 15.7. The van der Waals surface area contributed by atoms with E-state index in [9.17, 15) is 22.4 Å².